The van der Waals surface area contributed by atoms with Crippen LogP contribution < -0.4 is 16.0 Å². The number of carbonyl (C=O) groups is 2. The van der Waals surface area contributed by atoms with Gasteiger partial charge in [0.2, 0.25) is 0 Å². The lowest BCUT2D eigenvalue weighted by Crippen LogP contribution is -2.45. The molecule has 1 aliphatic heterocycles. The van der Waals surface area contributed by atoms with Crippen molar-refractivity contribution in [1.82, 2.24) is 20.9 Å². The second-order valence-corrected chi connectivity index (χ2v) is 6.24. The fourth-order valence-electron chi connectivity index (χ4n) is 3.14. The number of nitrogens with one attached hydrogen (secondary N) is 3. The summed E-state index contributed by atoms with van der Waals surface area (Å²) in [5, 5.41) is 8.79. The molecule has 0 bridgehead atoms. The van der Waals surface area contributed by atoms with E-state index in [4.69, 9.17) is 0 Å². The van der Waals surface area contributed by atoms with Crippen molar-refractivity contribution < 1.29 is 9.59 Å². The second kappa shape index (κ2) is 6.89. The summed E-state index contributed by atoms with van der Waals surface area (Å²) in [7, 11) is 0. The average Bonchev–Trinajstić information content (AvgIpc) is 3.15. The standard InChI is InChI=1S/C17H24N4O2/c1-2-18-17(23)21-9-8-13(11-21)19-16(22)20-15-10-14(15)12-6-4-3-5-7-12/h3-7,13-15H,2,8-11H2,1H3,(H,18,23)(H2,19,20,22)/t13-,14-,15+/m0/s1. The maximum atomic E-state index is 12.1. The molecule has 1 saturated carbocycles. The van der Waals surface area contributed by atoms with Crippen molar-refractivity contribution in [3.63, 3.8) is 0 Å². The van der Waals surface area contributed by atoms with Gasteiger partial charge in [0.15, 0.2) is 0 Å². The van der Waals surface area contributed by atoms with Gasteiger partial charge in [-0.25, -0.2) is 9.59 Å². The van der Waals surface area contributed by atoms with Gasteiger partial charge in [-0.05, 0) is 25.3 Å². The molecule has 1 saturated heterocycles. The number of benzene rings is 1. The van der Waals surface area contributed by atoms with E-state index in [9.17, 15) is 9.59 Å². The van der Waals surface area contributed by atoms with Crippen LogP contribution in [0.5, 0.6) is 0 Å². The van der Waals surface area contributed by atoms with Crippen molar-refractivity contribution in [2.24, 2.45) is 0 Å². The largest absolute Gasteiger partial charge is 0.338 e. The molecule has 0 unspecified atom stereocenters. The Morgan fingerprint density at radius 1 is 1.22 bits per heavy atom. The van der Waals surface area contributed by atoms with Crippen LogP contribution in [0.4, 0.5) is 9.59 Å². The van der Waals surface area contributed by atoms with Gasteiger partial charge in [0.25, 0.3) is 0 Å². The minimum absolute atomic E-state index is 0.0338. The Labute approximate surface area is 136 Å². The number of nitrogens with zero attached hydrogens (tertiary/aromatic N) is 1. The van der Waals surface area contributed by atoms with Crippen LogP contribution in [0.25, 0.3) is 0 Å². The maximum absolute atomic E-state index is 12.1. The Kier molecular flexibility index (Phi) is 4.69. The van der Waals surface area contributed by atoms with Gasteiger partial charge in [-0.15, -0.1) is 0 Å². The Hall–Kier alpha value is -2.24. The van der Waals surface area contributed by atoms with Gasteiger partial charge in [-0.2, -0.15) is 0 Å². The molecule has 3 N–H and O–H groups in total. The molecule has 124 valence electrons. The molecule has 4 amide bonds. The molecule has 2 aliphatic rings. The molecule has 3 rings (SSSR count). The van der Waals surface area contributed by atoms with Crippen molar-refractivity contribution in [3.05, 3.63) is 35.9 Å². The van der Waals surface area contributed by atoms with Crippen LogP contribution >= 0.6 is 0 Å². The van der Waals surface area contributed by atoms with Crippen LogP contribution in [-0.4, -0.2) is 48.7 Å². The molecule has 23 heavy (non-hydrogen) atoms. The van der Waals surface area contributed by atoms with E-state index in [1.807, 2.05) is 25.1 Å². The number of carbonyl (C=O) groups excluding carboxylic acids is 2. The molecule has 0 spiro atoms. The van der Waals surface area contributed by atoms with Gasteiger partial charge in [0.1, 0.15) is 0 Å². The van der Waals surface area contributed by atoms with Crippen molar-refractivity contribution in [1.29, 1.82) is 0 Å². The van der Waals surface area contributed by atoms with E-state index >= 15 is 0 Å². The SMILES string of the molecule is CCNC(=O)N1CC[C@H](NC(=O)N[C@@H]2C[C@H]2c2ccccc2)C1. The van der Waals surface area contributed by atoms with Crippen LogP contribution in [0.1, 0.15) is 31.2 Å². The number of hydrogen-bond acceptors (Lipinski definition) is 2. The van der Waals surface area contributed by atoms with Gasteiger partial charge < -0.3 is 20.9 Å². The van der Waals surface area contributed by atoms with E-state index in [0.717, 1.165) is 12.8 Å². The molecule has 1 aliphatic carbocycles. The Balaban J connectivity index is 1.40. The molecule has 1 aromatic carbocycles. The van der Waals surface area contributed by atoms with Gasteiger partial charge in [0, 0.05) is 37.6 Å². The van der Waals surface area contributed by atoms with E-state index in [2.05, 4.69) is 28.1 Å². The molecule has 2 fully saturated rings. The molecule has 0 aromatic heterocycles. The summed E-state index contributed by atoms with van der Waals surface area (Å²) in [5.41, 5.74) is 1.28. The summed E-state index contributed by atoms with van der Waals surface area (Å²) in [6, 6.07) is 10.3. The zero-order valence-electron chi connectivity index (χ0n) is 13.4. The van der Waals surface area contributed by atoms with Crippen LogP contribution in [0.15, 0.2) is 30.3 Å². The molecule has 6 heteroatoms. The number of urea groups is 2. The first-order valence-corrected chi connectivity index (χ1v) is 8.32. The van der Waals surface area contributed by atoms with Gasteiger partial charge in [-0.1, -0.05) is 30.3 Å². The third-order valence-electron chi connectivity index (χ3n) is 4.47. The van der Waals surface area contributed by atoms with Crippen molar-refractivity contribution in [2.45, 2.75) is 37.8 Å². The van der Waals surface area contributed by atoms with Crippen LogP contribution in [0, 0.1) is 0 Å². The van der Waals surface area contributed by atoms with Crippen LogP contribution in [0.3, 0.4) is 0 Å². The molecule has 6 nitrogen and oxygen atoms in total. The molecule has 0 radical (unpaired) electrons. The summed E-state index contributed by atoms with van der Waals surface area (Å²) in [4.78, 5) is 25.6. The number of hydrogen-bond donors (Lipinski definition) is 3. The highest BCUT2D eigenvalue weighted by atomic mass is 16.2. The topological polar surface area (TPSA) is 73.5 Å². The predicted octanol–water partition coefficient (Wildman–Crippen LogP) is 1.65. The fourth-order valence-corrected chi connectivity index (χ4v) is 3.14. The Bertz CT molecular complexity index is 563. The molecule has 1 aromatic rings. The minimum atomic E-state index is -0.129. The van der Waals surface area contributed by atoms with Gasteiger partial charge in [0.05, 0.1) is 0 Å². The molecule has 3 atom stereocenters. The van der Waals surface area contributed by atoms with Crippen molar-refractivity contribution >= 4 is 12.1 Å². The highest BCUT2D eigenvalue weighted by Gasteiger charge is 2.39. The number of rotatable bonds is 4. The van der Waals surface area contributed by atoms with Gasteiger partial charge >= 0.3 is 12.1 Å². The molecular weight excluding hydrogens is 292 g/mol. The normalized spacial score (nSPS) is 25.8. The lowest BCUT2D eigenvalue weighted by Gasteiger charge is -2.17. The van der Waals surface area contributed by atoms with E-state index in [0.29, 0.717) is 25.6 Å². The van der Waals surface area contributed by atoms with E-state index in [1.165, 1.54) is 5.56 Å². The first-order chi connectivity index (χ1) is 11.2. The van der Waals surface area contributed by atoms with Crippen LogP contribution in [-0.2, 0) is 0 Å². The summed E-state index contributed by atoms with van der Waals surface area (Å²) < 4.78 is 0. The van der Waals surface area contributed by atoms with E-state index < -0.39 is 0 Å². The third kappa shape index (κ3) is 3.94. The maximum Gasteiger partial charge on any atom is 0.317 e. The Morgan fingerprint density at radius 2 is 2.00 bits per heavy atom. The molecular formula is C17H24N4O2. The highest BCUT2D eigenvalue weighted by Crippen LogP contribution is 2.40. The summed E-state index contributed by atoms with van der Waals surface area (Å²) in [6.45, 7) is 3.78. The number of amides is 4. The quantitative estimate of drug-likeness (QED) is 0.790. The van der Waals surface area contributed by atoms with Gasteiger partial charge in [-0.3, -0.25) is 0 Å². The lowest BCUT2D eigenvalue weighted by molar-refractivity contribution is 0.207. The fraction of sp³-hybridized carbons (Fsp3) is 0.529. The lowest BCUT2D eigenvalue weighted by atomic mass is 10.1. The highest BCUT2D eigenvalue weighted by molar-refractivity contribution is 5.76. The van der Waals surface area contributed by atoms with Crippen molar-refractivity contribution in [3.8, 4) is 0 Å². The van der Waals surface area contributed by atoms with Crippen molar-refractivity contribution in [2.75, 3.05) is 19.6 Å². The second-order valence-electron chi connectivity index (χ2n) is 6.24. The summed E-state index contributed by atoms with van der Waals surface area (Å²) >= 11 is 0. The Morgan fingerprint density at radius 3 is 2.74 bits per heavy atom. The average molecular weight is 316 g/mol. The van der Waals surface area contributed by atoms with E-state index in [-0.39, 0.29) is 24.1 Å². The number of likely N-dealkylation sites (tertiary alicyclic amines) is 1. The van der Waals surface area contributed by atoms with Crippen LogP contribution in [0.2, 0.25) is 0 Å². The first-order valence-electron chi connectivity index (χ1n) is 8.32. The zero-order valence-corrected chi connectivity index (χ0v) is 13.4. The molecule has 1 heterocycles. The van der Waals surface area contributed by atoms with E-state index in [1.54, 1.807) is 4.90 Å². The third-order valence-corrected chi connectivity index (χ3v) is 4.47. The minimum Gasteiger partial charge on any atom is -0.338 e. The first kappa shape index (κ1) is 15.6. The summed E-state index contributed by atoms with van der Waals surface area (Å²) in [5.74, 6) is 0.428. The summed E-state index contributed by atoms with van der Waals surface area (Å²) in [6.07, 6.45) is 1.80. The predicted molar refractivity (Wildman–Crippen MR) is 88.3 cm³/mol. The zero-order chi connectivity index (χ0) is 16.2. The smallest absolute Gasteiger partial charge is 0.317 e. The monoisotopic (exact) mass is 316 g/mol.